The minimum atomic E-state index is -0.149. The van der Waals surface area contributed by atoms with E-state index in [0.717, 1.165) is 94.1 Å². The standard InChI is InChI=1S/C73H45NO2/c1-5-19-45(20-6-1)61-43-50-25-13-15-29-53(50)68-59-32-17-31-58(70(59)75-72(61)68)65(47-23-9-3-10-24-47)55-39-35-48-37-41-57-63(42-38-49-36-40-56(55)66(48)67(49)57)74(52-27-11-4-12-28-52)64-34-18-33-60-69-54-30-16-14-26-51(54)44-62(73(69)76-71(60)64)46-21-7-2-8-22-46/h1-44,65H. The Morgan fingerprint density at radius 2 is 0.763 bits per heavy atom. The third-order valence-corrected chi connectivity index (χ3v) is 16.1. The molecule has 3 heteroatoms. The average Bonchev–Trinajstić information content (AvgIpc) is 4.15. The van der Waals surface area contributed by atoms with Gasteiger partial charge in [0.25, 0.3) is 0 Å². The van der Waals surface area contributed by atoms with Gasteiger partial charge in [-0.15, -0.1) is 0 Å². The van der Waals surface area contributed by atoms with Crippen LogP contribution in [0, 0.1) is 0 Å². The summed E-state index contributed by atoms with van der Waals surface area (Å²) < 4.78 is 14.6. The van der Waals surface area contributed by atoms with Gasteiger partial charge in [-0.1, -0.05) is 231 Å². The largest absolute Gasteiger partial charge is 0.455 e. The Bertz CT molecular complexity index is 4610. The molecule has 16 aromatic rings. The van der Waals surface area contributed by atoms with E-state index < -0.39 is 0 Å². The summed E-state index contributed by atoms with van der Waals surface area (Å²) in [7, 11) is 0. The van der Waals surface area contributed by atoms with Gasteiger partial charge >= 0.3 is 0 Å². The number of hydrogen-bond acceptors (Lipinski definition) is 3. The first-order valence-electron chi connectivity index (χ1n) is 26.2. The van der Waals surface area contributed by atoms with Gasteiger partial charge in [0.15, 0.2) is 5.58 Å². The molecule has 0 radical (unpaired) electrons. The van der Waals surface area contributed by atoms with Crippen molar-refractivity contribution in [2.24, 2.45) is 0 Å². The fraction of sp³-hybridized carbons (Fsp3) is 0.0137. The van der Waals surface area contributed by atoms with E-state index in [-0.39, 0.29) is 5.92 Å². The van der Waals surface area contributed by atoms with Gasteiger partial charge in [-0.05, 0) is 107 Å². The fourth-order valence-electron chi connectivity index (χ4n) is 12.8. The molecule has 0 spiro atoms. The molecule has 0 saturated heterocycles. The van der Waals surface area contributed by atoms with Crippen LogP contribution in [0.15, 0.2) is 276 Å². The summed E-state index contributed by atoms with van der Waals surface area (Å²) in [6.45, 7) is 0. The van der Waals surface area contributed by atoms with E-state index in [2.05, 4.69) is 272 Å². The number of rotatable bonds is 8. The van der Waals surface area contributed by atoms with Gasteiger partial charge in [-0.3, -0.25) is 0 Å². The molecule has 0 bridgehead atoms. The van der Waals surface area contributed by atoms with Gasteiger partial charge in [0.05, 0.1) is 11.4 Å². The Balaban J connectivity index is 0.939. The normalized spacial score (nSPS) is 12.4. The highest BCUT2D eigenvalue weighted by atomic mass is 16.3. The van der Waals surface area contributed by atoms with Crippen LogP contribution in [0.1, 0.15) is 22.6 Å². The maximum absolute atomic E-state index is 7.34. The molecule has 0 aliphatic heterocycles. The van der Waals surface area contributed by atoms with Crippen LogP contribution in [0.25, 0.3) is 120 Å². The predicted octanol–water partition coefficient (Wildman–Crippen LogP) is 20.7. The van der Waals surface area contributed by atoms with E-state index in [1.54, 1.807) is 0 Å². The Morgan fingerprint density at radius 1 is 0.276 bits per heavy atom. The van der Waals surface area contributed by atoms with Gasteiger partial charge < -0.3 is 13.7 Å². The Labute approximate surface area is 438 Å². The van der Waals surface area contributed by atoms with Crippen molar-refractivity contribution in [2.75, 3.05) is 4.90 Å². The number of para-hydroxylation sites is 3. The lowest BCUT2D eigenvalue weighted by Gasteiger charge is -2.28. The molecular weight excluding hydrogens is 923 g/mol. The topological polar surface area (TPSA) is 29.5 Å². The van der Waals surface area contributed by atoms with E-state index in [9.17, 15) is 0 Å². The van der Waals surface area contributed by atoms with Crippen molar-refractivity contribution in [3.8, 4) is 22.3 Å². The van der Waals surface area contributed by atoms with Crippen LogP contribution in [0.3, 0.4) is 0 Å². The van der Waals surface area contributed by atoms with Crippen molar-refractivity contribution in [3.63, 3.8) is 0 Å². The first-order valence-corrected chi connectivity index (χ1v) is 26.2. The van der Waals surface area contributed by atoms with E-state index in [1.165, 1.54) is 59.6 Å². The summed E-state index contributed by atoms with van der Waals surface area (Å²) in [6.07, 6.45) is 0. The zero-order valence-corrected chi connectivity index (χ0v) is 41.2. The van der Waals surface area contributed by atoms with Crippen LogP contribution < -0.4 is 4.90 Å². The fourth-order valence-corrected chi connectivity index (χ4v) is 12.8. The monoisotopic (exact) mass is 967 g/mol. The summed E-state index contributed by atoms with van der Waals surface area (Å²) in [5, 5.41) is 16.5. The molecule has 2 heterocycles. The molecule has 76 heavy (non-hydrogen) atoms. The maximum Gasteiger partial charge on any atom is 0.159 e. The molecular formula is C73H45NO2. The van der Waals surface area contributed by atoms with Crippen molar-refractivity contribution in [1.29, 1.82) is 0 Å². The molecule has 14 aromatic carbocycles. The predicted molar refractivity (Wildman–Crippen MR) is 319 cm³/mol. The second-order valence-electron chi connectivity index (χ2n) is 20.2. The van der Waals surface area contributed by atoms with Gasteiger partial charge in [-0.25, -0.2) is 0 Å². The third-order valence-electron chi connectivity index (χ3n) is 16.1. The first kappa shape index (κ1) is 42.5. The molecule has 1 unspecified atom stereocenters. The van der Waals surface area contributed by atoms with Crippen LogP contribution in [0.5, 0.6) is 0 Å². The molecule has 0 N–H and O–H groups in total. The molecule has 16 rings (SSSR count). The number of anilines is 3. The summed E-state index contributed by atoms with van der Waals surface area (Å²) in [5.41, 5.74) is 14.7. The Morgan fingerprint density at radius 3 is 1.41 bits per heavy atom. The lowest BCUT2D eigenvalue weighted by atomic mass is 9.80. The van der Waals surface area contributed by atoms with Crippen molar-refractivity contribution < 1.29 is 8.83 Å². The highest BCUT2D eigenvalue weighted by Crippen LogP contribution is 2.51. The number of hydrogen-bond donors (Lipinski definition) is 0. The summed E-state index contributed by atoms with van der Waals surface area (Å²) >= 11 is 0. The molecule has 2 aromatic heterocycles. The SMILES string of the molecule is c1ccc(-c2cc3ccccc3c3c2oc2c(C(c4ccccc4)c4ccc5ccc6c(N(c7ccccc7)c7cccc8c7oc7c(-c9ccccc9)cc9ccccc9c78)ccc7ccc4c5c76)cccc23)cc1. The van der Waals surface area contributed by atoms with Crippen molar-refractivity contribution in [2.45, 2.75) is 5.92 Å². The molecule has 0 saturated carbocycles. The highest BCUT2D eigenvalue weighted by molar-refractivity contribution is 6.28. The molecule has 0 aliphatic rings. The molecule has 1 atom stereocenters. The zero-order valence-electron chi connectivity index (χ0n) is 41.2. The first-order chi connectivity index (χ1) is 37.7. The zero-order chi connectivity index (χ0) is 49.8. The molecule has 0 fully saturated rings. The van der Waals surface area contributed by atoms with Crippen LogP contribution in [0.4, 0.5) is 17.1 Å². The molecule has 3 nitrogen and oxygen atoms in total. The van der Waals surface area contributed by atoms with E-state index in [0.29, 0.717) is 0 Å². The minimum Gasteiger partial charge on any atom is -0.455 e. The van der Waals surface area contributed by atoms with Gasteiger partial charge in [0.1, 0.15) is 16.7 Å². The van der Waals surface area contributed by atoms with Gasteiger partial charge in [0, 0.05) is 55.2 Å². The summed E-state index contributed by atoms with van der Waals surface area (Å²) in [5.74, 6) is -0.149. The van der Waals surface area contributed by atoms with Gasteiger partial charge in [0.2, 0.25) is 0 Å². The molecule has 0 aliphatic carbocycles. The van der Waals surface area contributed by atoms with Crippen molar-refractivity contribution in [1.82, 2.24) is 0 Å². The Kier molecular flexibility index (Phi) is 9.40. The number of fused-ring (bicyclic) bond motifs is 10. The molecule has 354 valence electrons. The van der Waals surface area contributed by atoms with Crippen LogP contribution >= 0.6 is 0 Å². The third kappa shape index (κ3) is 6.36. The second-order valence-corrected chi connectivity index (χ2v) is 20.2. The van der Waals surface area contributed by atoms with E-state index in [4.69, 9.17) is 8.83 Å². The number of nitrogens with zero attached hydrogens (tertiary/aromatic N) is 1. The smallest absolute Gasteiger partial charge is 0.159 e. The molecule has 0 amide bonds. The maximum atomic E-state index is 7.34. The summed E-state index contributed by atoms with van der Waals surface area (Å²) in [6, 6.07) is 97.0. The lowest BCUT2D eigenvalue weighted by molar-refractivity contribution is 0.662. The van der Waals surface area contributed by atoms with Crippen LogP contribution in [-0.2, 0) is 0 Å². The van der Waals surface area contributed by atoms with Crippen molar-refractivity contribution >= 4 is 115 Å². The average molecular weight is 968 g/mol. The van der Waals surface area contributed by atoms with Crippen LogP contribution in [0.2, 0.25) is 0 Å². The minimum absolute atomic E-state index is 0.149. The van der Waals surface area contributed by atoms with E-state index in [1.807, 2.05) is 0 Å². The number of benzene rings is 14. The van der Waals surface area contributed by atoms with Crippen LogP contribution in [-0.4, -0.2) is 0 Å². The van der Waals surface area contributed by atoms with E-state index >= 15 is 0 Å². The van der Waals surface area contributed by atoms with Crippen molar-refractivity contribution in [3.05, 3.63) is 284 Å². The van der Waals surface area contributed by atoms with Gasteiger partial charge in [-0.2, -0.15) is 0 Å². The quantitative estimate of drug-likeness (QED) is 0.112. The lowest BCUT2D eigenvalue weighted by Crippen LogP contribution is -2.11. The Hall–Kier alpha value is -9.96. The summed E-state index contributed by atoms with van der Waals surface area (Å²) in [4.78, 5) is 2.41. The highest BCUT2D eigenvalue weighted by Gasteiger charge is 2.28. The second kappa shape index (κ2) is 16.8. The number of furan rings is 2.